The maximum absolute atomic E-state index is 12.5. The lowest BCUT2D eigenvalue weighted by Crippen LogP contribution is -1.81. The van der Waals surface area contributed by atoms with E-state index in [2.05, 4.69) is 4.99 Å². The molecule has 1 aromatic carbocycles. The summed E-state index contributed by atoms with van der Waals surface area (Å²) in [6.45, 7) is 0. The van der Waals surface area contributed by atoms with Crippen LogP contribution in [0.5, 0.6) is 5.75 Å². The molecule has 1 aromatic rings. The number of phenols is 1. The Morgan fingerprint density at radius 1 is 1.33 bits per heavy atom. The maximum atomic E-state index is 12.5. The Morgan fingerprint density at radius 3 is 2.25 bits per heavy atom. The first-order valence-corrected chi connectivity index (χ1v) is 2.91. The van der Waals surface area contributed by atoms with Gasteiger partial charge in [0.05, 0.1) is 5.69 Å². The Kier molecular flexibility index (Phi) is 2.16. The number of phenolic OH excluding ortho intramolecular Hbond substituents is 1. The molecule has 12 heavy (non-hydrogen) atoms. The van der Waals surface area contributed by atoms with Crippen LogP contribution in [0.3, 0.4) is 0 Å². The van der Waals surface area contributed by atoms with Crippen LogP contribution in [0.1, 0.15) is 0 Å². The van der Waals surface area contributed by atoms with E-state index >= 15 is 0 Å². The Morgan fingerprint density at radius 2 is 1.83 bits per heavy atom. The number of halogens is 2. The molecule has 0 unspecified atom stereocenters. The SMILES string of the molecule is O=C=Nc1cc(F)c(O)c(F)c1. The third kappa shape index (κ3) is 1.46. The standard InChI is InChI=1S/C7H3F2NO2/c8-5-1-4(10-3-11)2-6(9)7(5)12/h1-2,12H. The molecule has 5 heteroatoms. The van der Waals surface area contributed by atoms with Crippen LogP contribution in [-0.2, 0) is 4.79 Å². The molecule has 0 aliphatic heterocycles. The summed E-state index contributed by atoms with van der Waals surface area (Å²) in [7, 11) is 0. The van der Waals surface area contributed by atoms with Crippen molar-refractivity contribution in [2.24, 2.45) is 4.99 Å². The van der Waals surface area contributed by atoms with Crippen LogP contribution in [0, 0.1) is 11.6 Å². The number of carbonyl (C=O) groups excluding carboxylic acids is 1. The summed E-state index contributed by atoms with van der Waals surface area (Å²) in [5.74, 6) is -3.41. The average molecular weight is 171 g/mol. The van der Waals surface area contributed by atoms with E-state index in [4.69, 9.17) is 5.11 Å². The van der Waals surface area contributed by atoms with Gasteiger partial charge in [-0.25, -0.2) is 13.6 Å². The van der Waals surface area contributed by atoms with Gasteiger partial charge in [0.2, 0.25) is 6.08 Å². The van der Waals surface area contributed by atoms with Crippen molar-refractivity contribution in [3.63, 3.8) is 0 Å². The second-order valence-electron chi connectivity index (χ2n) is 1.96. The largest absolute Gasteiger partial charge is 0.503 e. The molecule has 3 nitrogen and oxygen atoms in total. The van der Waals surface area contributed by atoms with Crippen molar-refractivity contribution in [1.82, 2.24) is 0 Å². The number of benzene rings is 1. The number of nitrogens with zero attached hydrogens (tertiary/aromatic N) is 1. The molecule has 0 fully saturated rings. The van der Waals surface area contributed by atoms with Crippen LogP contribution in [0.4, 0.5) is 14.5 Å². The van der Waals surface area contributed by atoms with Crippen LogP contribution in [0.25, 0.3) is 0 Å². The summed E-state index contributed by atoms with van der Waals surface area (Å²) < 4.78 is 25.0. The van der Waals surface area contributed by atoms with Gasteiger partial charge >= 0.3 is 0 Å². The summed E-state index contributed by atoms with van der Waals surface area (Å²) in [5, 5.41) is 8.61. The molecular formula is C7H3F2NO2. The zero-order valence-corrected chi connectivity index (χ0v) is 5.71. The van der Waals surface area contributed by atoms with Gasteiger partial charge < -0.3 is 5.11 Å². The molecule has 0 aliphatic rings. The van der Waals surface area contributed by atoms with E-state index in [1.807, 2.05) is 0 Å². The zero-order chi connectivity index (χ0) is 9.14. The predicted octanol–water partition coefficient (Wildman–Crippen LogP) is 1.64. The summed E-state index contributed by atoms with van der Waals surface area (Å²) in [6.07, 6.45) is 1.12. The van der Waals surface area contributed by atoms with Gasteiger partial charge in [-0.1, -0.05) is 0 Å². The summed E-state index contributed by atoms with van der Waals surface area (Å²) in [5.41, 5.74) is -0.224. The summed E-state index contributed by atoms with van der Waals surface area (Å²) in [6, 6.07) is 1.45. The summed E-state index contributed by atoms with van der Waals surface area (Å²) >= 11 is 0. The molecule has 1 N–H and O–H groups in total. The average Bonchev–Trinajstić information content (AvgIpc) is 2.01. The number of aromatic hydroxyl groups is 1. The Labute approximate surface area is 66.0 Å². The molecule has 0 heterocycles. The van der Waals surface area contributed by atoms with E-state index in [9.17, 15) is 13.6 Å². The van der Waals surface area contributed by atoms with Crippen LogP contribution in [0.15, 0.2) is 17.1 Å². The Bertz CT molecular complexity index is 335. The minimum absolute atomic E-state index is 0.224. The van der Waals surface area contributed by atoms with Crippen LogP contribution in [-0.4, -0.2) is 11.2 Å². The second-order valence-corrected chi connectivity index (χ2v) is 1.96. The van der Waals surface area contributed by atoms with E-state index in [1.165, 1.54) is 0 Å². The van der Waals surface area contributed by atoms with Gasteiger partial charge in [0.15, 0.2) is 17.4 Å². The molecule has 62 valence electrons. The zero-order valence-electron chi connectivity index (χ0n) is 5.71. The third-order valence-electron chi connectivity index (χ3n) is 1.18. The van der Waals surface area contributed by atoms with Crippen molar-refractivity contribution >= 4 is 11.8 Å². The van der Waals surface area contributed by atoms with Crippen molar-refractivity contribution in [1.29, 1.82) is 0 Å². The fourth-order valence-corrected chi connectivity index (χ4v) is 0.669. The van der Waals surface area contributed by atoms with E-state index in [0.29, 0.717) is 0 Å². The fourth-order valence-electron chi connectivity index (χ4n) is 0.669. The molecule has 0 amide bonds. The second kappa shape index (κ2) is 3.11. The van der Waals surface area contributed by atoms with E-state index in [-0.39, 0.29) is 5.69 Å². The van der Waals surface area contributed by atoms with Crippen molar-refractivity contribution in [2.75, 3.05) is 0 Å². The Balaban J connectivity index is 3.30. The molecular weight excluding hydrogens is 168 g/mol. The van der Waals surface area contributed by atoms with E-state index in [1.54, 1.807) is 0 Å². The fraction of sp³-hybridized carbons (Fsp3) is 0. The van der Waals surface area contributed by atoms with Gasteiger partial charge in [-0.05, 0) is 0 Å². The molecule has 0 saturated heterocycles. The lowest BCUT2D eigenvalue weighted by atomic mass is 10.3. The lowest BCUT2D eigenvalue weighted by molar-refractivity contribution is 0.396. The normalized spacial score (nSPS) is 9.17. The Hall–Kier alpha value is -1.74. The first kappa shape index (κ1) is 8.36. The van der Waals surface area contributed by atoms with Gasteiger partial charge in [0.25, 0.3) is 0 Å². The minimum atomic E-state index is -1.16. The highest BCUT2D eigenvalue weighted by molar-refractivity contribution is 5.50. The quantitative estimate of drug-likeness (QED) is 0.515. The van der Waals surface area contributed by atoms with Crippen LogP contribution < -0.4 is 0 Å². The minimum Gasteiger partial charge on any atom is -0.503 e. The summed E-state index contributed by atoms with van der Waals surface area (Å²) in [4.78, 5) is 12.7. The lowest BCUT2D eigenvalue weighted by Gasteiger charge is -1.96. The van der Waals surface area contributed by atoms with Crippen molar-refractivity contribution < 1.29 is 18.7 Å². The molecule has 1 rings (SSSR count). The first-order chi connectivity index (χ1) is 5.65. The van der Waals surface area contributed by atoms with Crippen LogP contribution >= 0.6 is 0 Å². The molecule has 0 aromatic heterocycles. The molecule has 0 bridgehead atoms. The first-order valence-electron chi connectivity index (χ1n) is 2.91. The van der Waals surface area contributed by atoms with Gasteiger partial charge in [-0.15, -0.1) is 0 Å². The van der Waals surface area contributed by atoms with Gasteiger partial charge in [0.1, 0.15) is 0 Å². The van der Waals surface area contributed by atoms with Crippen LogP contribution in [0.2, 0.25) is 0 Å². The predicted molar refractivity (Wildman–Crippen MR) is 35.8 cm³/mol. The monoisotopic (exact) mass is 171 g/mol. The molecule has 0 saturated carbocycles. The van der Waals surface area contributed by atoms with E-state index < -0.39 is 17.4 Å². The number of rotatable bonds is 1. The van der Waals surface area contributed by atoms with Crippen molar-refractivity contribution in [3.8, 4) is 5.75 Å². The number of hydrogen-bond acceptors (Lipinski definition) is 3. The molecule has 0 radical (unpaired) electrons. The highest BCUT2D eigenvalue weighted by atomic mass is 19.1. The molecule has 0 aliphatic carbocycles. The smallest absolute Gasteiger partial charge is 0.240 e. The molecule has 0 spiro atoms. The number of isocyanates is 1. The van der Waals surface area contributed by atoms with Gasteiger partial charge in [-0.2, -0.15) is 4.99 Å². The van der Waals surface area contributed by atoms with E-state index in [0.717, 1.165) is 18.2 Å². The highest BCUT2D eigenvalue weighted by Crippen LogP contribution is 2.25. The van der Waals surface area contributed by atoms with Gasteiger partial charge in [-0.3, -0.25) is 0 Å². The van der Waals surface area contributed by atoms with Gasteiger partial charge in [0, 0.05) is 12.1 Å². The molecule has 0 atom stereocenters. The number of hydrogen-bond donors (Lipinski definition) is 1. The number of aliphatic imine (C=N–C) groups is 1. The topological polar surface area (TPSA) is 49.7 Å². The maximum Gasteiger partial charge on any atom is 0.240 e. The third-order valence-corrected chi connectivity index (χ3v) is 1.18. The highest BCUT2D eigenvalue weighted by Gasteiger charge is 2.08. The van der Waals surface area contributed by atoms with Crippen molar-refractivity contribution in [3.05, 3.63) is 23.8 Å². The van der Waals surface area contributed by atoms with Crippen molar-refractivity contribution in [2.45, 2.75) is 0 Å².